The molecule has 1 atom stereocenters. The minimum Gasteiger partial charge on any atom is -0.466 e. The number of nitrogens with one attached hydrogen (secondary N) is 1. The van der Waals surface area contributed by atoms with Gasteiger partial charge in [-0.05, 0) is 19.4 Å². The normalized spacial score (nSPS) is 17.5. The number of esters is 2. The Morgan fingerprint density at radius 3 is 1.61 bits per heavy atom. The molecule has 8 nitrogen and oxygen atoms in total. The van der Waals surface area contributed by atoms with Gasteiger partial charge in [0.2, 0.25) is 0 Å². The van der Waals surface area contributed by atoms with E-state index < -0.39 is 92.8 Å². The third-order valence-corrected chi connectivity index (χ3v) is 6.32. The molecule has 1 unspecified atom stereocenters. The number of rotatable bonds is 10. The van der Waals surface area contributed by atoms with E-state index in [2.05, 4.69) is 14.8 Å². The molecule has 1 aliphatic rings. The van der Waals surface area contributed by atoms with E-state index in [9.17, 15) is 85.6 Å². The largest absolute Gasteiger partial charge is 0.473 e. The summed E-state index contributed by atoms with van der Waals surface area (Å²) in [6, 6.07) is 3.18. The van der Waals surface area contributed by atoms with Gasteiger partial charge >= 0.3 is 53.8 Å². The number of nitro groups is 1. The minimum absolute atomic E-state index is 0.298. The van der Waals surface area contributed by atoms with Crippen LogP contribution in [0.1, 0.15) is 25.3 Å². The summed E-state index contributed by atoms with van der Waals surface area (Å²) in [6.07, 6.45) is -15.2. The maximum atomic E-state index is 14.5. The van der Waals surface area contributed by atoms with E-state index in [0.717, 1.165) is 32.0 Å². The Morgan fingerprint density at radius 1 is 0.739 bits per heavy atom. The fourth-order valence-corrected chi connectivity index (χ4v) is 3.98. The van der Waals surface area contributed by atoms with Crippen LogP contribution < -0.4 is 5.32 Å². The van der Waals surface area contributed by atoms with Crippen LogP contribution >= 0.6 is 0 Å². The Hall–Kier alpha value is -4.21. The molecule has 0 saturated heterocycles. The van der Waals surface area contributed by atoms with Crippen LogP contribution in [0.4, 0.5) is 71.5 Å². The zero-order chi connectivity index (χ0) is 36.2. The van der Waals surface area contributed by atoms with Crippen LogP contribution in [0.25, 0.3) is 0 Å². The summed E-state index contributed by atoms with van der Waals surface area (Å²) >= 11 is 0. The van der Waals surface area contributed by atoms with Crippen LogP contribution in [0.2, 0.25) is 0 Å². The quantitative estimate of drug-likeness (QED) is 0.123. The molecule has 1 aliphatic heterocycles. The highest BCUT2D eigenvalue weighted by molar-refractivity contribution is 6.00. The summed E-state index contributed by atoms with van der Waals surface area (Å²) in [5, 5.41) is 13.4. The van der Waals surface area contributed by atoms with Crippen molar-refractivity contribution < 1.29 is 89.8 Å². The lowest BCUT2D eigenvalue weighted by Crippen LogP contribution is -2.73. The smallest absolute Gasteiger partial charge is 0.466 e. The maximum absolute atomic E-state index is 14.5. The van der Waals surface area contributed by atoms with Crippen LogP contribution in [-0.4, -0.2) is 65.9 Å². The molecule has 1 aromatic carbocycles. The Kier molecular flexibility index (Phi) is 9.53. The highest BCUT2D eigenvalue weighted by Gasteiger charge is 2.94. The lowest BCUT2D eigenvalue weighted by molar-refractivity contribution is -0.467. The number of benzene rings is 1. The molecule has 0 aromatic heterocycles. The minimum atomic E-state index is -8.62. The lowest BCUT2D eigenvalue weighted by Gasteiger charge is -2.41. The molecule has 1 N–H and O–H groups in total. The average Bonchev–Trinajstić information content (AvgIpc) is 2.90. The Balaban J connectivity index is 2.71. The molecule has 0 radical (unpaired) electrons. The van der Waals surface area contributed by atoms with Crippen molar-refractivity contribution in [3.63, 3.8) is 0 Å². The van der Waals surface area contributed by atoms with E-state index in [0.29, 0.717) is 13.2 Å². The number of nitrogens with zero attached hydrogens (tertiary/aromatic N) is 1. The van der Waals surface area contributed by atoms with Gasteiger partial charge in [-0.1, -0.05) is 12.1 Å². The zero-order valence-corrected chi connectivity index (χ0v) is 22.5. The first-order chi connectivity index (χ1) is 20.5. The molecule has 0 fully saturated rings. The average molecular weight is 700 g/mol. The first-order valence-electron chi connectivity index (χ1n) is 11.5. The molecule has 1 heterocycles. The molecule has 0 aliphatic carbocycles. The predicted molar refractivity (Wildman–Crippen MR) is 118 cm³/mol. The summed E-state index contributed by atoms with van der Waals surface area (Å²) < 4.78 is 211. The van der Waals surface area contributed by atoms with Crippen molar-refractivity contribution in [3.8, 4) is 0 Å². The second kappa shape index (κ2) is 11.5. The second-order valence-corrected chi connectivity index (χ2v) is 9.26. The van der Waals surface area contributed by atoms with Crippen LogP contribution in [-0.2, 0) is 19.1 Å². The summed E-state index contributed by atoms with van der Waals surface area (Å²) in [7, 11) is 0.714. The van der Waals surface area contributed by atoms with Gasteiger partial charge in [0.1, 0.15) is 0 Å². The van der Waals surface area contributed by atoms with Gasteiger partial charge in [0.15, 0.2) is 0 Å². The number of alkyl halides is 15. The van der Waals surface area contributed by atoms with Crippen molar-refractivity contribution in [2.45, 2.75) is 61.7 Å². The monoisotopic (exact) mass is 700 g/mol. The van der Waals surface area contributed by atoms with Crippen LogP contribution in [0.15, 0.2) is 46.8 Å². The van der Waals surface area contributed by atoms with Crippen LogP contribution in [0.5, 0.6) is 0 Å². The van der Waals surface area contributed by atoms with Gasteiger partial charge in [-0.3, -0.25) is 10.1 Å². The Morgan fingerprint density at radius 2 is 1.17 bits per heavy atom. The summed E-state index contributed by atoms with van der Waals surface area (Å²) in [4.78, 5) is 35.5. The third kappa shape index (κ3) is 5.67. The van der Waals surface area contributed by atoms with E-state index in [4.69, 9.17) is 0 Å². The molecule has 46 heavy (non-hydrogen) atoms. The Bertz CT molecular complexity index is 1480. The fourth-order valence-electron chi connectivity index (χ4n) is 3.98. The summed E-state index contributed by atoms with van der Waals surface area (Å²) in [5.41, 5.74) is -4.67. The van der Waals surface area contributed by atoms with Gasteiger partial charge in [-0.25, -0.2) is 9.59 Å². The molecule has 0 amide bonds. The van der Waals surface area contributed by atoms with Gasteiger partial charge in [-0.2, -0.15) is 65.9 Å². The number of methoxy groups -OCH3 is 1. The van der Waals surface area contributed by atoms with Crippen molar-refractivity contribution in [1.82, 2.24) is 5.32 Å². The van der Waals surface area contributed by atoms with Crippen LogP contribution in [0.3, 0.4) is 0 Å². The number of allylic oxidation sites excluding steroid dienone is 2. The highest BCUT2D eigenvalue weighted by Crippen LogP contribution is 2.62. The number of carbonyl (C=O) groups excluding carboxylic acids is 2. The highest BCUT2D eigenvalue weighted by atomic mass is 19.4. The molecular formula is C23H15F15N2O6. The van der Waals surface area contributed by atoms with E-state index in [-0.39, 0.29) is 5.70 Å². The molecule has 23 heteroatoms. The van der Waals surface area contributed by atoms with E-state index in [1.807, 2.05) is 0 Å². The van der Waals surface area contributed by atoms with E-state index >= 15 is 0 Å². The van der Waals surface area contributed by atoms with Gasteiger partial charge in [0.25, 0.3) is 5.69 Å². The summed E-state index contributed by atoms with van der Waals surface area (Å²) in [5.74, 6) is -48.6. The summed E-state index contributed by atoms with van der Waals surface area (Å²) in [6.45, 7) is 1.82. The fraction of sp³-hybridized carbons (Fsp3) is 0.478. The van der Waals surface area contributed by atoms with Crippen LogP contribution in [0, 0.1) is 10.1 Å². The Labute approximate surface area is 244 Å². The topological polar surface area (TPSA) is 108 Å². The maximum Gasteiger partial charge on any atom is 0.473 e. The first kappa shape index (κ1) is 38.0. The number of dihydropyridines is 1. The molecule has 0 spiro atoms. The van der Waals surface area contributed by atoms with E-state index in [1.54, 1.807) is 0 Å². The lowest BCUT2D eigenvalue weighted by atomic mass is 9.80. The van der Waals surface area contributed by atoms with Gasteiger partial charge < -0.3 is 14.8 Å². The predicted octanol–water partition coefficient (Wildman–Crippen LogP) is 6.88. The van der Waals surface area contributed by atoms with Gasteiger partial charge in [0.05, 0.1) is 29.1 Å². The number of hydrogen-bond donors (Lipinski definition) is 1. The standard InChI is InChI=1S/C23H15F15N2O6/c1-8-12(15(41)45-3)14(10-5-4-6-11(7-10)40(43)44)13(9(2)39-8)16(42)46-23(37,38)21(32,33)19(28,29)17(24,25)18(26,27)20(30,31)22(34,35)36/h4-7,14,39H,1-3H3. The molecule has 1 aromatic rings. The van der Waals surface area contributed by atoms with Crippen molar-refractivity contribution in [3.05, 3.63) is 62.5 Å². The van der Waals surface area contributed by atoms with Crippen molar-refractivity contribution in [2.75, 3.05) is 7.11 Å². The molecule has 258 valence electrons. The molecule has 2 rings (SSSR count). The number of non-ortho nitro benzene ring substituents is 1. The SMILES string of the molecule is COC(=O)C1=C(C)NC(C)=C(C(=O)OC(F)(F)C(F)(F)C(F)(F)C(F)(F)C(F)(F)C(F)(F)C(F)(F)F)C1c1cccc([N+](=O)[O-])c1. The number of ether oxygens (including phenoxy) is 2. The molecular weight excluding hydrogens is 685 g/mol. The number of halogens is 15. The van der Waals surface area contributed by atoms with Gasteiger partial charge in [0, 0.05) is 23.5 Å². The number of hydrogen-bond acceptors (Lipinski definition) is 7. The first-order valence-corrected chi connectivity index (χ1v) is 11.5. The third-order valence-electron chi connectivity index (χ3n) is 6.32. The number of carbonyl (C=O) groups is 2. The van der Waals surface area contributed by atoms with Crippen molar-refractivity contribution in [2.24, 2.45) is 0 Å². The zero-order valence-electron chi connectivity index (χ0n) is 22.5. The van der Waals surface area contributed by atoms with Gasteiger partial charge in [-0.15, -0.1) is 0 Å². The van der Waals surface area contributed by atoms with Crippen molar-refractivity contribution in [1.29, 1.82) is 0 Å². The van der Waals surface area contributed by atoms with E-state index in [1.165, 1.54) is 0 Å². The molecule has 0 bridgehead atoms. The number of nitro benzene ring substituents is 1. The molecule has 0 saturated carbocycles. The second-order valence-electron chi connectivity index (χ2n) is 9.26. The van der Waals surface area contributed by atoms with Crippen molar-refractivity contribution >= 4 is 17.6 Å².